The first-order valence-electron chi connectivity index (χ1n) is 9.72. The van der Waals surface area contributed by atoms with Crippen LogP contribution in [0.15, 0.2) is 65.2 Å². The Bertz CT molecular complexity index is 908. The highest BCUT2D eigenvalue weighted by atomic mass is 16.5. The van der Waals surface area contributed by atoms with Crippen LogP contribution < -0.4 is 4.74 Å². The lowest BCUT2D eigenvalue weighted by atomic mass is 9.87. The molecule has 1 aromatic heterocycles. The molecule has 5 heteroatoms. The van der Waals surface area contributed by atoms with Gasteiger partial charge in [0, 0.05) is 12.0 Å². The summed E-state index contributed by atoms with van der Waals surface area (Å²) in [7, 11) is 2.11. The van der Waals surface area contributed by atoms with E-state index in [4.69, 9.17) is 9.26 Å². The average Bonchev–Trinajstić information content (AvgIpc) is 3.01. The van der Waals surface area contributed by atoms with Gasteiger partial charge in [-0.25, -0.2) is 0 Å². The summed E-state index contributed by atoms with van der Waals surface area (Å²) in [5.41, 5.74) is 1.89. The van der Waals surface area contributed by atoms with Crippen LogP contribution in [0.1, 0.15) is 37.5 Å². The van der Waals surface area contributed by atoms with Crippen LogP contribution in [0.25, 0.3) is 0 Å². The van der Waals surface area contributed by atoms with Crippen molar-refractivity contribution in [2.45, 2.75) is 38.8 Å². The molecule has 0 bridgehead atoms. The van der Waals surface area contributed by atoms with Crippen molar-refractivity contribution in [3.8, 4) is 5.75 Å². The Kier molecular flexibility index (Phi) is 4.94. The molecular weight excluding hydrogens is 350 g/mol. The maximum absolute atomic E-state index is 5.69. The molecule has 0 radical (unpaired) electrons. The molecule has 0 aliphatic heterocycles. The van der Waals surface area contributed by atoms with Crippen molar-refractivity contribution in [2.75, 3.05) is 13.6 Å². The van der Waals surface area contributed by atoms with Gasteiger partial charge >= 0.3 is 0 Å². The molecule has 5 nitrogen and oxygen atoms in total. The van der Waals surface area contributed by atoms with E-state index in [1.54, 1.807) is 0 Å². The van der Waals surface area contributed by atoms with E-state index in [0.29, 0.717) is 30.3 Å². The van der Waals surface area contributed by atoms with Crippen LogP contribution in [0.4, 0.5) is 0 Å². The molecule has 0 saturated heterocycles. The second-order valence-corrected chi connectivity index (χ2v) is 8.39. The Morgan fingerprint density at radius 3 is 2.32 bits per heavy atom. The highest BCUT2D eigenvalue weighted by molar-refractivity contribution is 5.37. The summed E-state index contributed by atoms with van der Waals surface area (Å²) in [5.74, 6) is 1.99. The number of aromatic nitrogens is 2. The van der Waals surface area contributed by atoms with Crippen molar-refractivity contribution >= 4 is 0 Å². The van der Waals surface area contributed by atoms with Gasteiger partial charge in [-0.3, -0.25) is 4.90 Å². The van der Waals surface area contributed by atoms with Gasteiger partial charge in [-0.05, 0) is 36.6 Å². The molecule has 1 aliphatic carbocycles. The molecular formula is C23H27N3O2. The summed E-state index contributed by atoms with van der Waals surface area (Å²) in [5, 5.41) is 4.05. The largest absolute Gasteiger partial charge is 0.485 e. The van der Waals surface area contributed by atoms with E-state index in [9.17, 15) is 0 Å². The summed E-state index contributed by atoms with van der Waals surface area (Å²) >= 11 is 0. The standard InChI is InChI=1S/C23H27N3O2/c1-22(2)16-23(22,18-10-6-4-7-11-18)17-26(3)14-21-24-20(25-28-21)15-27-19-12-8-5-9-13-19/h4-13H,14-17H2,1-3H3/t23-/m0/s1. The van der Waals surface area contributed by atoms with Crippen molar-refractivity contribution in [1.29, 1.82) is 0 Å². The Morgan fingerprint density at radius 2 is 1.68 bits per heavy atom. The van der Waals surface area contributed by atoms with E-state index >= 15 is 0 Å². The van der Waals surface area contributed by atoms with Crippen molar-refractivity contribution in [3.63, 3.8) is 0 Å². The Hall–Kier alpha value is -2.66. The summed E-state index contributed by atoms with van der Waals surface area (Å²) in [6.45, 7) is 6.59. The molecule has 0 amide bonds. The normalized spacial score (nSPS) is 20.3. The van der Waals surface area contributed by atoms with Crippen LogP contribution in [0, 0.1) is 5.41 Å². The molecule has 1 saturated carbocycles. The Morgan fingerprint density at radius 1 is 1.04 bits per heavy atom. The van der Waals surface area contributed by atoms with E-state index < -0.39 is 0 Å². The van der Waals surface area contributed by atoms with E-state index in [0.717, 1.165) is 12.3 Å². The predicted molar refractivity (Wildman–Crippen MR) is 108 cm³/mol. The van der Waals surface area contributed by atoms with E-state index in [1.807, 2.05) is 30.3 Å². The minimum absolute atomic E-state index is 0.183. The van der Waals surface area contributed by atoms with Crippen LogP contribution in [-0.2, 0) is 18.6 Å². The number of rotatable bonds is 8. The molecule has 2 aromatic carbocycles. The number of para-hydroxylation sites is 1. The predicted octanol–water partition coefficient (Wildman–Crippen LogP) is 4.45. The third-order valence-corrected chi connectivity index (χ3v) is 5.81. The molecule has 0 spiro atoms. The Labute approximate surface area is 166 Å². The van der Waals surface area contributed by atoms with Gasteiger partial charge in [0.1, 0.15) is 5.75 Å². The van der Waals surface area contributed by atoms with E-state index in [2.05, 4.69) is 66.3 Å². The fourth-order valence-corrected chi connectivity index (χ4v) is 4.15. The lowest BCUT2D eigenvalue weighted by molar-refractivity contribution is 0.233. The number of likely N-dealkylation sites (N-methyl/N-ethyl adjacent to an activating group) is 1. The van der Waals surface area contributed by atoms with Gasteiger partial charge in [-0.1, -0.05) is 67.5 Å². The number of hydrogen-bond donors (Lipinski definition) is 0. The third-order valence-electron chi connectivity index (χ3n) is 5.81. The monoisotopic (exact) mass is 377 g/mol. The van der Waals surface area contributed by atoms with Crippen LogP contribution in [0.2, 0.25) is 0 Å². The van der Waals surface area contributed by atoms with Gasteiger partial charge in [0.25, 0.3) is 0 Å². The zero-order chi connectivity index (χ0) is 19.6. The third kappa shape index (κ3) is 3.80. The SMILES string of the molecule is CN(Cc1nc(COc2ccccc2)no1)C[C@]1(c2ccccc2)CC1(C)C. The van der Waals surface area contributed by atoms with Gasteiger partial charge in [0.05, 0.1) is 6.54 Å². The first kappa shape index (κ1) is 18.7. The zero-order valence-electron chi connectivity index (χ0n) is 16.8. The second kappa shape index (κ2) is 7.40. The highest BCUT2D eigenvalue weighted by Gasteiger charge is 2.61. The minimum atomic E-state index is 0.183. The molecule has 1 heterocycles. The Balaban J connectivity index is 1.36. The molecule has 1 aliphatic rings. The summed E-state index contributed by atoms with van der Waals surface area (Å²) in [4.78, 5) is 6.76. The van der Waals surface area contributed by atoms with Crippen molar-refractivity contribution in [3.05, 3.63) is 77.9 Å². The van der Waals surface area contributed by atoms with Gasteiger partial charge in [-0.15, -0.1) is 0 Å². The van der Waals surface area contributed by atoms with Crippen LogP contribution in [0.5, 0.6) is 5.75 Å². The first-order chi connectivity index (χ1) is 13.5. The minimum Gasteiger partial charge on any atom is -0.485 e. The van der Waals surface area contributed by atoms with Gasteiger partial charge in [-0.2, -0.15) is 4.98 Å². The van der Waals surface area contributed by atoms with Gasteiger partial charge in [0.15, 0.2) is 6.61 Å². The molecule has 1 fully saturated rings. The van der Waals surface area contributed by atoms with Crippen LogP contribution >= 0.6 is 0 Å². The molecule has 0 unspecified atom stereocenters. The first-order valence-corrected chi connectivity index (χ1v) is 9.72. The number of ether oxygens (including phenoxy) is 1. The molecule has 146 valence electrons. The number of hydrogen-bond acceptors (Lipinski definition) is 5. The van der Waals surface area contributed by atoms with Crippen molar-refractivity contribution in [2.24, 2.45) is 5.41 Å². The summed E-state index contributed by atoms with van der Waals surface area (Å²) in [6.07, 6.45) is 1.19. The lowest BCUT2D eigenvalue weighted by Gasteiger charge is -2.26. The smallest absolute Gasteiger partial charge is 0.240 e. The zero-order valence-corrected chi connectivity index (χ0v) is 16.8. The fraction of sp³-hybridized carbons (Fsp3) is 0.391. The molecule has 4 rings (SSSR count). The van der Waals surface area contributed by atoms with E-state index in [-0.39, 0.29) is 5.41 Å². The van der Waals surface area contributed by atoms with E-state index in [1.165, 1.54) is 12.0 Å². The maximum Gasteiger partial charge on any atom is 0.240 e. The molecule has 0 N–H and O–H groups in total. The van der Waals surface area contributed by atoms with Gasteiger partial charge < -0.3 is 9.26 Å². The molecule has 3 aromatic rings. The quantitative estimate of drug-likeness (QED) is 0.580. The number of benzene rings is 2. The highest BCUT2D eigenvalue weighted by Crippen LogP contribution is 2.64. The topological polar surface area (TPSA) is 51.4 Å². The fourth-order valence-electron chi connectivity index (χ4n) is 4.15. The number of nitrogens with zero attached hydrogens (tertiary/aromatic N) is 3. The maximum atomic E-state index is 5.69. The van der Waals surface area contributed by atoms with Crippen LogP contribution in [-0.4, -0.2) is 28.6 Å². The van der Waals surface area contributed by atoms with Gasteiger partial charge in [0.2, 0.25) is 11.7 Å². The summed E-state index contributed by atoms with van der Waals surface area (Å²) < 4.78 is 11.1. The van der Waals surface area contributed by atoms with Crippen LogP contribution in [0.3, 0.4) is 0 Å². The second-order valence-electron chi connectivity index (χ2n) is 8.39. The van der Waals surface area contributed by atoms with Crippen molar-refractivity contribution in [1.82, 2.24) is 15.0 Å². The summed E-state index contributed by atoms with van der Waals surface area (Å²) in [6, 6.07) is 20.5. The lowest BCUT2D eigenvalue weighted by Crippen LogP contribution is -2.32. The molecule has 28 heavy (non-hydrogen) atoms. The average molecular weight is 377 g/mol. The molecule has 1 atom stereocenters. The van der Waals surface area contributed by atoms with Crippen molar-refractivity contribution < 1.29 is 9.26 Å².